The maximum Gasteiger partial charge on any atom is 0.227 e. The molecule has 0 aliphatic heterocycles. The van der Waals surface area contributed by atoms with E-state index in [1.54, 1.807) is 48.5 Å². The number of hydrogen-bond acceptors (Lipinski definition) is 9. The van der Waals surface area contributed by atoms with Crippen molar-refractivity contribution in [3.8, 4) is 12.1 Å². The maximum atomic E-state index is 13.9. The number of ketones is 1. The van der Waals surface area contributed by atoms with E-state index in [0.29, 0.717) is 70.7 Å². The van der Waals surface area contributed by atoms with Gasteiger partial charge in [-0.3, -0.25) is 24.5 Å². The molecule has 4 aliphatic rings. The molecule has 2 N–H and O–H groups in total. The van der Waals surface area contributed by atoms with Crippen molar-refractivity contribution in [2.45, 2.75) is 97.3 Å². The van der Waals surface area contributed by atoms with Gasteiger partial charge in [0.2, 0.25) is 5.24 Å². The van der Waals surface area contributed by atoms with E-state index in [1.807, 2.05) is 32.3 Å². The summed E-state index contributed by atoms with van der Waals surface area (Å²) in [6, 6.07) is 24.5. The van der Waals surface area contributed by atoms with Gasteiger partial charge in [0.05, 0.1) is 22.2 Å². The number of benzene rings is 2. The first-order valence-electron chi connectivity index (χ1n) is 23.3. The van der Waals surface area contributed by atoms with E-state index in [9.17, 15) is 18.4 Å². The maximum absolute atomic E-state index is 13.9. The number of Topliss-reactive ketones (excluding diaryl/α,β-unsaturated/α-hetero) is 1. The third-order valence-corrected chi connectivity index (χ3v) is 16.4. The number of halogens is 3. The van der Waals surface area contributed by atoms with Gasteiger partial charge < -0.3 is 5.73 Å². The highest BCUT2D eigenvalue weighted by atomic mass is 35.5. The van der Waals surface area contributed by atoms with E-state index in [1.165, 1.54) is 35.7 Å². The number of fused-ring (bicyclic) bond motifs is 4. The number of nitrogens with zero attached hydrogens (tertiary/aromatic N) is 6. The van der Waals surface area contributed by atoms with Gasteiger partial charge in [-0.05, 0) is 194 Å². The van der Waals surface area contributed by atoms with Gasteiger partial charge >= 0.3 is 0 Å². The summed E-state index contributed by atoms with van der Waals surface area (Å²) in [5, 5.41) is 18.9. The normalized spacial score (nSPS) is 24.1. The Labute approximate surface area is 396 Å². The van der Waals surface area contributed by atoms with E-state index in [4.69, 9.17) is 27.9 Å². The monoisotopic (exact) mass is 919 g/mol. The number of aromatic nitrogens is 4. The summed E-state index contributed by atoms with van der Waals surface area (Å²) in [7, 11) is 0. The van der Waals surface area contributed by atoms with Crippen LogP contribution in [0.4, 0.5) is 14.6 Å². The van der Waals surface area contributed by atoms with Crippen LogP contribution in [-0.4, -0.2) is 31.0 Å². The Hall–Kier alpha value is -6.17. The van der Waals surface area contributed by atoms with Crippen LogP contribution in [0, 0.1) is 80.6 Å². The molecule has 4 fully saturated rings. The second kappa shape index (κ2) is 19.6. The molecule has 4 unspecified atom stereocenters. The van der Waals surface area contributed by atoms with Gasteiger partial charge in [0.1, 0.15) is 35.4 Å². The molecule has 4 aromatic heterocycles. The summed E-state index contributed by atoms with van der Waals surface area (Å²) in [6.45, 7) is 8.12. The molecule has 12 heteroatoms. The average molecular weight is 921 g/mol. The quantitative estimate of drug-likeness (QED) is 0.147. The van der Waals surface area contributed by atoms with Crippen LogP contribution in [0.5, 0.6) is 0 Å². The molecule has 4 heterocycles. The summed E-state index contributed by atoms with van der Waals surface area (Å²) in [6.07, 6.45) is 15.7. The first kappa shape index (κ1) is 47.3. The third-order valence-electron chi connectivity index (χ3n) is 15.9. The molecule has 0 spiro atoms. The SMILES string of the molecule is CC(C)(C(=O)Cc1ccc(C#N)cn1)C1C[C@H]2CC(c3ccnc4ccc(F)cc34)C[C@H]2C1.CC(C)(C(=O)Cl)C1C[C@H]2CC(c3ccnc4ccc(F)cc34)C[C@H]2C1.N#Cc1ccc(N)nc1. The topological polar surface area (TPSA) is 159 Å². The highest BCUT2D eigenvalue weighted by molar-refractivity contribution is 6.64. The number of pyridine rings is 4. The van der Waals surface area contributed by atoms with Crippen LogP contribution in [0.25, 0.3) is 21.8 Å². The number of anilines is 1. The lowest BCUT2D eigenvalue weighted by atomic mass is 9.72. The minimum absolute atomic E-state index is 0.206. The van der Waals surface area contributed by atoms with Gasteiger partial charge in [-0.2, -0.15) is 10.5 Å². The molecule has 0 bridgehead atoms. The minimum Gasteiger partial charge on any atom is -0.384 e. The second-order valence-electron chi connectivity index (χ2n) is 20.4. The zero-order valence-corrected chi connectivity index (χ0v) is 39.2. The van der Waals surface area contributed by atoms with Crippen LogP contribution in [-0.2, 0) is 16.0 Å². The van der Waals surface area contributed by atoms with Crippen molar-refractivity contribution in [2.24, 2.45) is 46.3 Å². The molecule has 344 valence electrons. The molecule has 67 heavy (non-hydrogen) atoms. The van der Waals surface area contributed by atoms with Crippen molar-refractivity contribution in [1.29, 1.82) is 10.5 Å². The molecular weight excluding hydrogens is 864 g/mol. The number of hydrogen-bond donors (Lipinski definition) is 1. The predicted octanol–water partition coefficient (Wildman–Crippen LogP) is 12.2. The highest BCUT2D eigenvalue weighted by Gasteiger charge is 2.50. The van der Waals surface area contributed by atoms with Crippen LogP contribution < -0.4 is 5.73 Å². The third kappa shape index (κ3) is 10.2. The fraction of sp³-hybridized carbons (Fsp3) is 0.418. The summed E-state index contributed by atoms with van der Waals surface area (Å²) in [5.41, 5.74) is 10.3. The molecule has 0 amide bonds. The first-order chi connectivity index (χ1) is 32.0. The number of nitrogens with two attached hydrogens (primary N) is 1. The Morgan fingerprint density at radius 2 is 1.07 bits per heavy atom. The van der Waals surface area contributed by atoms with Crippen LogP contribution in [0.1, 0.15) is 119 Å². The van der Waals surface area contributed by atoms with Crippen molar-refractivity contribution in [3.05, 3.63) is 137 Å². The van der Waals surface area contributed by atoms with Crippen LogP contribution in [0.15, 0.2) is 97.6 Å². The Balaban J connectivity index is 0.000000157. The lowest BCUT2D eigenvalue weighted by molar-refractivity contribution is -0.129. The zero-order valence-electron chi connectivity index (χ0n) is 38.4. The predicted molar refractivity (Wildman–Crippen MR) is 256 cm³/mol. The first-order valence-corrected chi connectivity index (χ1v) is 23.7. The number of rotatable bonds is 8. The molecule has 0 radical (unpaired) electrons. The van der Waals surface area contributed by atoms with E-state index in [0.717, 1.165) is 78.9 Å². The van der Waals surface area contributed by atoms with Gasteiger partial charge in [0, 0.05) is 58.5 Å². The molecule has 4 saturated carbocycles. The smallest absolute Gasteiger partial charge is 0.227 e. The average Bonchev–Trinajstić information content (AvgIpc) is 4.11. The standard InChI is InChI=1S/C28H28FN3O.C21H23ClFNO.C6H5N3/c1-28(2,27(33)14-23-5-3-17(15-30)16-32-23)21-11-18-9-20(10-19(18)12-21)24-7-8-31-26-6-4-22(29)13-25(24)26;1-21(2,20(22)25)15-9-12-7-14(8-13(12)10-15)17-5-6-24-19-4-3-16(23)11-18(17)19;7-3-5-1-2-6(8)9-4-5/h3-8,13,16,18-21H,9-12,14H2,1-2H3;3-6,11-15H,7-10H2,1-2H3;1-2,4H,(H2,8,9)/t18-,19+,20?,21?;12-,13+,14?,15?;. The molecule has 2 aromatic carbocycles. The molecule has 8 atom stereocenters. The molecule has 6 aromatic rings. The van der Waals surface area contributed by atoms with Gasteiger partial charge in [-0.1, -0.05) is 27.7 Å². The van der Waals surface area contributed by atoms with E-state index < -0.39 is 10.8 Å². The number of nitriles is 2. The summed E-state index contributed by atoms with van der Waals surface area (Å²) in [5.74, 6) is 4.36. The van der Waals surface area contributed by atoms with E-state index >= 15 is 0 Å². The Morgan fingerprint density at radius 1 is 0.627 bits per heavy atom. The largest absolute Gasteiger partial charge is 0.384 e. The van der Waals surface area contributed by atoms with Crippen LogP contribution in [0.2, 0.25) is 0 Å². The Bertz CT molecular complexity index is 2850. The lowest BCUT2D eigenvalue weighted by Gasteiger charge is -2.31. The van der Waals surface area contributed by atoms with Crippen LogP contribution >= 0.6 is 11.6 Å². The van der Waals surface area contributed by atoms with E-state index in [2.05, 4.69) is 52.0 Å². The summed E-state index contributed by atoms with van der Waals surface area (Å²) < 4.78 is 27.6. The molecule has 10 rings (SSSR count). The number of carbonyl (C=O) groups excluding carboxylic acids is 2. The van der Waals surface area contributed by atoms with E-state index in [-0.39, 0.29) is 22.7 Å². The number of nitrogen functional groups attached to an aromatic ring is 1. The number of carbonyl (C=O) groups is 2. The van der Waals surface area contributed by atoms with Crippen molar-refractivity contribution < 1.29 is 18.4 Å². The van der Waals surface area contributed by atoms with Gasteiger partial charge in [0.15, 0.2) is 0 Å². The van der Waals surface area contributed by atoms with Crippen molar-refractivity contribution >= 4 is 50.3 Å². The van der Waals surface area contributed by atoms with Gasteiger partial charge in [0.25, 0.3) is 0 Å². The van der Waals surface area contributed by atoms with Crippen LogP contribution in [0.3, 0.4) is 0 Å². The lowest BCUT2D eigenvalue weighted by Crippen LogP contribution is -2.33. The highest BCUT2D eigenvalue weighted by Crippen LogP contribution is 2.58. The fourth-order valence-electron chi connectivity index (χ4n) is 11.8. The Kier molecular flexibility index (Phi) is 13.8. The van der Waals surface area contributed by atoms with Gasteiger partial charge in [-0.15, -0.1) is 0 Å². The second-order valence-corrected chi connectivity index (χ2v) is 20.7. The minimum atomic E-state index is -0.437. The van der Waals surface area contributed by atoms with Crippen molar-refractivity contribution in [1.82, 2.24) is 19.9 Å². The van der Waals surface area contributed by atoms with Crippen molar-refractivity contribution in [2.75, 3.05) is 5.73 Å². The van der Waals surface area contributed by atoms with Gasteiger partial charge in [-0.25, -0.2) is 13.8 Å². The molecule has 4 aliphatic carbocycles. The van der Waals surface area contributed by atoms with Crippen molar-refractivity contribution in [3.63, 3.8) is 0 Å². The molecule has 9 nitrogen and oxygen atoms in total. The molecular formula is C55H56ClF2N7O2. The Morgan fingerprint density at radius 3 is 1.48 bits per heavy atom. The zero-order chi connectivity index (χ0) is 47.6. The summed E-state index contributed by atoms with van der Waals surface area (Å²) in [4.78, 5) is 41.7. The summed E-state index contributed by atoms with van der Waals surface area (Å²) >= 11 is 5.83. The molecule has 0 saturated heterocycles. The fourth-order valence-corrected chi connectivity index (χ4v) is 11.9.